The molecule has 3 aliphatic rings. The van der Waals surface area contributed by atoms with Crippen LogP contribution < -0.4 is 15.4 Å². The Labute approximate surface area is 364 Å². The van der Waals surface area contributed by atoms with E-state index in [-0.39, 0.29) is 29.8 Å². The van der Waals surface area contributed by atoms with Crippen LogP contribution in [0, 0.1) is 5.92 Å². The number of H-pyrrole nitrogens is 2. The van der Waals surface area contributed by atoms with Gasteiger partial charge in [-0.15, -0.1) is 0 Å². The average molecular weight is 851 g/mol. The topological polar surface area (TPSA) is 184 Å². The number of amides is 4. The molecule has 4 aromatic carbocycles. The maximum Gasteiger partial charge on any atom is 0.407 e. The number of likely N-dealkylation sites (tertiary alicyclic amines) is 2. The van der Waals surface area contributed by atoms with Gasteiger partial charge in [0.2, 0.25) is 5.91 Å². The van der Waals surface area contributed by atoms with Crippen molar-refractivity contribution < 1.29 is 33.4 Å². The molecule has 63 heavy (non-hydrogen) atoms. The Bertz CT molecular complexity index is 2690. The minimum atomic E-state index is -0.887. The Morgan fingerprint density at radius 2 is 1.38 bits per heavy atom. The van der Waals surface area contributed by atoms with Gasteiger partial charge in [-0.3, -0.25) is 9.59 Å². The number of hydrogen-bond donors (Lipinski definition) is 4. The number of imidazole rings is 2. The number of aromatic amines is 2. The number of benzene rings is 4. The predicted octanol–water partition coefficient (Wildman–Crippen LogP) is 7.98. The lowest BCUT2D eigenvalue weighted by atomic mass is 9.97. The van der Waals surface area contributed by atoms with Crippen molar-refractivity contribution in [3.8, 4) is 39.4 Å². The van der Waals surface area contributed by atoms with E-state index >= 15 is 0 Å². The number of aromatic nitrogens is 4. The van der Waals surface area contributed by atoms with Crippen LogP contribution in [0.5, 0.6) is 5.75 Å². The quantitative estimate of drug-likeness (QED) is 0.106. The summed E-state index contributed by atoms with van der Waals surface area (Å²) in [5, 5.41) is 7.57. The number of ether oxygens (including phenoxy) is 3. The second kappa shape index (κ2) is 17.3. The second-order valence-corrected chi connectivity index (χ2v) is 16.6. The van der Waals surface area contributed by atoms with Gasteiger partial charge in [-0.1, -0.05) is 74.5 Å². The van der Waals surface area contributed by atoms with E-state index in [1.54, 1.807) is 4.90 Å². The zero-order valence-corrected chi connectivity index (χ0v) is 35.6. The molecule has 2 fully saturated rings. The summed E-state index contributed by atoms with van der Waals surface area (Å²) in [5.41, 5.74) is 7.11. The molecule has 2 saturated heterocycles. The van der Waals surface area contributed by atoms with Crippen molar-refractivity contribution >= 4 is 34.8 Å². The summed E-state index contributed by atoms with van der Waals surface area (Å²) in [6.07, 6.45) is 3.66. The van der Waals surface area contributed by atoms with Crippen molar-refractivity contribution in [2.75, 3.05) is 27.3 Å². The first-order valence-electron chi connectivity index (χ1n) is 21.4. The SMILES string of the molecule is COC(=O)NC(C(=O)N1CCCC1c1ncc(-c2ccc3cc(-c4ccc5c(c4)OCc4[nH]c(C6CCCN6C(=O)C(NC(=O)OC)C(C)C)nc4-5)ccc3c2)[nH]1)c1ccccc1. The minimum Gasteiger partial charge on any atom is -0.487 e. The van der Waals surface area contributed by atoms with Crippen LogP contribution >= 0.6 is 0 Å². The largest absolute Gasteiger partial charge is 0.487 e. The smallest absolute Gasteiger partial charge is 0.407 e. The molecule has 0 bridgehead atoms. The Hall–Kier alpha value is -7.16. The highest BCUT2D eigenvalue weighted by molar-refractivity contribution is 5.91. The molecule has 4 N–H and O–H groups in total. The van der Waals surface area contributed by atoms with Gasteiger partial charge in [-0.25, -0.2) is 19.6 Å². The summed E-state index contributed by atoms with van der Waals surface area (Å²) in [6.45, 7) is 5.25. The average Bonchev–Trinajstić information content (AvgIpc) is 4.16. The molecule has 0 aliphatic carbocycles. The highest BCUT2D eigenvalue weighted by Crippen LogP contribution is 2.42. The fourth-order valence-corrected chi connectivity index (χ4v) is 9.11. The van der Waals surface area contributed by atoms with Crippen molar-refractivity contribution in [2.45, 2.75) is 70.3 Å². The van der Waals surface area contributed by atoms with E-state index < -0.39 is 24.3 Å². The van der Waals surface area contributed by atoms with Gasteiger partial charge in [0.15, 0.2) is 0 Å². The van der Waals surface area contributed by atoms with Gasteiger partial charge >= 0.3 is 12.2 Å². The highest BCUT2D eigenvalue weighted by Gasteiger charge is 2.39. The zero-order valence-electron chi connectivity index (χ0n) is 35.6. The van der Waals surface area contributed by atoms with E-state index in [1.165, 1.54) is 14.2 Å². The molecule has 9 rings (SSSR count). The van der Waals surface area contributed by atoms with Gasteiger partial charge in [0.25, 0.3) is 5.91 Å². The maximum absolute atomic E-state index is 14.0. The molecule has 6 aromatic rings. The molecule has 2 aromatic heterocycles. The molecule has 0 radical (unpaired) electrons. The van der Waals surface area contributed by atoms with Gasteiger partial charge in [0.1, 0.15) is 36.1 Å². The first-order chi connectivity index (χ1) is 30.6. The van der Waals surface area contributed by atoms with Crippen molar-refractivity contribution in [3.05, 3.63) is 114 Å². The number of rotatable bonds is 10. The van der Waals surface area contributed by atoms with E-state index in [0.29, 0.717) is 36.9 Å². The van der Waals surface area contributed by atoms with Crippen LogP contribution in [0.4, 0.5) is 9.59 Å². The number of alkyl carbamates (subject to hydrolysis) is 2. The van der Waals surface area contributed by atoms with Crippen LogP contribution in [0.2, 0.25) is 0 Å². The summed E-state index contributed by atoms with van der Waals surface area (Å²) in [5.74, 6) is 1.66. The number of nitrogens with zero attached hydrogens (tertiary/aromatic N) is 4. The fourth-order valence-electron chi connectivity index (χ4n) is 9.11. The predicted molar refractivity (Wildman–Crippen MR) is 235 cm³/mol. The minimum absolute atomic E-state index is 0.122. The summed E-state index contributed by atoms with van der Waals surface area (Å²) in [7, 11) is 2.57. The number of carbonyl (C=O) groups excluding carboxylic acids is 4. The molecule has 0 saturated carbocycles. The van der Waals surface area contributed by atoms with Gasteiger partial charge in [0.05, 0.1) is 49.6 Å². The standard InChI is InChI=1S/C48H50N8O7/c1-27(2)40(53-47(59)61-3)45(57)56-21-9-13-38(56)44-51-36-26-63-39-24-32(18-19-34(39)42(36)52-44)30-14-15-31-23-33(17-16-29(31)22-30)35-25-49-43(50-35)37-12-8-20-55(37)46(58)41(54-48(60)62-4)28-10-6-5-7-11-28/h5-7,10-11,14-19,22-25,27,37-38,40-41H,8-9,12-13,20-21,26H2,1-4H3,(H,49,50)(H,51,52)(H,53,59)(H,54,60). The monoisotopic (exact) mass is 850 g/mol. The highest BCUT2D eigenvalue weighted by atomic mass is 16.5. The molecular formula is C48H50N8O7. The summed E-state index contributed by atoms with van der Waals surface area (Å²) in [6, 6.07) is 25.9. The number of carbonyl (C=O) groups is 4. The van der Waals surface area contributed by atoms with Crippen LogP contribution in [0.25, 0.3) is 44.4 Å². The number of fused-ring (bicyclic) bond motifs is 4. The zero-order chi connectivity index (χ0) is 43.8. The third-order valence-corrected chi connectivity index (χ3v) is 12.4. The van der Waals surface area contributed by atoms with Gasteiger partial charge < -0.3 is 44.6 Å². The second-order valence-electron chi connectivity index (χ2n) is 16.6. The van der Waals surface area contributed by atoms with E-state index in [9.17, 15) is 19.2 Å². The molecule has 0 spiro atoms. The molecule has 3 aliphatic heterocycles. The van der Waals surface area contributed by atoms with Crippen LogP contribution in [0.1, 0.15) is 80.6 Å². The molecule has 5 heterocycles. The number of methoxy groups -OCH3 is 2. The van der Waals surface area contributed by atoms with Crippen LogP contribution in [-0.4, -0.2) is 87.1 Å². The maximum atomic E-state index is 14.0. The molecule has 4 unspecified atom stereocenters. The van der Waals surface area contributed by atoms with Gasteiger partial charge in [-0.2, -0.15) is 0 Å². The summed E-state index contributed by atoms with van der Waals surface area (Å²) in [4.78, 5) is 72.3. The number of nitrogens with one attached hydrogen (secondary N) is 4. The van der Waals surface area contributed by atoms with Gasteiger partial charge in [0, 0.05) is 24.2 Å². The van der Waals surface area contributed by atoms with E-state index in [4.69, 9.17) is 24.2 Å². The fraction of sp³-hybridized carbons (Fsp3) is 0.333. The van der Waals surface area contributed by atoms with Crippen LogP contribution in [-0.2, 0) is 25.7 Å². The van der Waals surface area contributed by atoms with E-state index in [1.807, 2.05) is 61.3 Å². The third kappa shape index (κ3) is 8.06. The van der Waals surface area contributed by atoms with Crippen molar-refractivity contribution in [3.63, 3.8) is 0 Å². The van der Waals surface area contributed by atoms with Crippen molar-refractivity contribution in [1.29, 1.82) is 0 Å². The first-order valence-corrected chi connectivity index (χ1v) is 21.4. The Balaban J connectivity index is 0.906. The van der Waals surface area contributed by atoms with Crippen LogP contribution in [0.3, 0.4) is 0 Å². The molecule has 15 nitrogen and oxygen atoms in total. The van der Waals surface area contributed by atoms with E-state index in [0.717, 1.165) is 81.5 Å². The molecule has 4 atom stereocenters. The first kappa shape index (κ1) is 41.2. The summed E-state index contributed by atoms with van der Waals surface area (Å²) >= 11 is 0. The normalized spacial score (nSPS) is 17.7. The van der Waals surface area contributed by atoms with Crippen molar-refractivity contribution in [2.24, 2.45) is 5.92 Å². The Kier molecular flexibility index (Phi) is 11.3. The van der Waals surface area contributed by atoms with Crippen LogP contribution in [0.15, 0.2) is 91.1 Å². The Morgan fingerprint density at radius 3 is 2.10 bits per heavy atom. The number of hydrogen-bond acceptors (Lipinski definition) is 9. The molecule has 324 valence electrons. The van der Waals surface area contributed by atoms with Gasteiger partial charge in [-0.05, 0) is 83.3 Å². The molecule has 15 heteroatoms. The van der Waals surface area contributed by atoms with E-state index in [2.05, 4.69) is 69.1 Å². The summed E-state index contributed by atoms with van der Waals surface area (Å²) < 4.78 is 15.9. The van der Waals surface area contributed by atoms with Crippen molar-refractivity contribution in [1.82, 2.24) is 40.4 Å². The molecular weight excluding hydrogens is 801 g/mol. The lowest BCUT2D eigenvalue weighted by Gasteiger charge is -2.30. The lowest BCUT2D eigenvalue weighted by molar-refractivity contribution is -0.135. The third-order valence-electron chi connectivity index (χ3n) is 12.4. The lowest BCUT2D eigenvalue weighted by Crippen LogP contribution is -2.51. The molecule has 4 amide bonds. The Morgan fingerprint density at radius 1 is 0.746 bits per heavy atom.